The first-order valence-corrected chi connectivity index (χ1v) is 10.8. The molecule has 0 radical (unpaired) electrons. The Kier molecular flexibility index (Phi) is 6.71. The van der Waals surface area contributed by atoms with Gasteiger partial charge in [0, 0.05) is 0 Å². The van der Waals surface area contributed by atoms with Crippen LogP contribution in [0.5, 0.6) is 0 Å². The van der Waals surface area contributed by atoms with E-state index in [4.69, 9.17) is 10.2 Å². The molecule has 0 unspecified atom stereocenters. The second-order valence-electron chi connectivity index (χ2n) is 7.85. The van der Waals surface area contributed by atoms with Crippen molar-refractivity contribution >= 4 is 36.0 Å². The summed E-state index contributed by atoms with van der Waals surface area (Å²) in [6.45, 7) is 0. The summed E-state index contributed by atoms with van der Waals surface area (Å²) >= 11 is 0. The molecule has 2 aromatic heterocycles. The molecule has 2 heterocycles. The zero-order valence-electron chi connectivity index (χ0n) is 19.4. The molecule has 4 aromatic rings. The smallest absolute Gasteiger partial charge is 0.354 e. The average molecular weight is 532 g/mol. The van der Waals surface area contributed by atoms with Crippen LogP contribution in [0.15, 0.2) is 63.9 Å². The van der Waals surface area contributed by atoms with Crippen molar-refractivity contribution in [3.8, 4) is 11.4 Å². The number of benzene rings is 2. The molecule has 0 saturated carbocycles. The fourth-order valence-corrected chi connectivity index (χ4v) is 3.57. The molecule has 6 N–H and O–H groups in total. The number of hydrogen-bond acceptors (Lipinski definition) is 6. The molecule has 0 fully saturated rings. The molecule has 14 nitrogen and oxygen atoms in total. The molecule has 14 heteroatoms. The summed E-state index contributed by atoms with van der Waals surface area (Å²) in [4.78, 5) is 71.4. The van der Waals surface area contributed by atoms with Crippen LogP contribution in [0, 0.1) is 0 Å². The van der Waals surface area contributed by atoms with Crippen molar-refractivity contribution in [3.05, 3.63) is 109 Å². The monoisotopic (exact) mass is 532 g/mol. The van der Waals surface area contributed by atoms with Crippen molar-refractivity contribution in [1.29, 1.82) is 0 Å². The topological polar surface area (TPSA) is 225 Å². The van der Waals surface area contributed by atoms with Gasteiger partial charge in [-0.05, 0) is 60.7 Å². The largest absolute Gasteiger partial charge is 0.478 e. The number of aromatic nitrogens is 4. The van der Waals surface area contributed by atoms with Gasteiger partial charge in [-0.25, -0.2) is 28.5 Å². The van der Waals surface area contributed by atoms with Crippen LogP contribution in [0.25, 0.3) is 23.5 Å². The molecule has 39 heavy (non-hydrogen) atoms. The minimum absolute atomic E-state index is 0.0518. The van der Waals surface area contributed by atoms with Gasteiger partial charge in [0.15, 0.2) is 11.4 Å². The Morgan fingerprint density at radius 3 is 1.21 bits per heavy atom. The molecule has 0 atom stereocenters. The van der Waals surface area contributed by atoms with Crippen LogP contribution in [0.4, 0.5) is 0 Å². The molecule has 4 rings (SSSR count). The lowest BCUT2D eigenvalue weighted by Gasteiger charge is -2.01. The van der Waals surface area contributed by atoms with Crippen molar-refractivity contribution in [3.63, 3.8) is 0 Å². The van der Waals surface area contributed by atoms with Crippen molar-refractivity contribution < 1.29 is 39.6 Å². The summed E-state index contributed by atoms with van der Waals surface area (Å²) in [7, 11) is 0. The zero-order valence-corrected chi connectivity index (χ0v) is 19.4. The van der Waals surface area contributed by atoms with Crippen molar-refractivity contribution in [2.45, 2.75) is 0 Å². The molecule has 0 bridgehead atoms. The molecule has 0 aliphatic rings. The number of rotatable bonds is 8. The van der Waals surface area contributed by atoms with E-state index in [-0.39, 0.29) is 33.6 Å². The first-order chi connectivity index (χ1) is 18.5. The fourth-order valence-electron chi connectivity index (χ4n) is 3.57. The third-order valence-electron chi connectivity index (χ3n) is 5.48. The van der Waals surface area contributed by atoms with E-state index in [0.29, 0.717) is 0 Å². The Bertz CT molecular complexity index is 1700. The van der Waals surface area contributed by atoms with Crippen molar-refractivity contribution in [2.75, 3.05) is 0 Å². The van der Waals surface area contributed by atoms with E-state index in [9.17, 15) is 39.0 Å². The zero-order chi connectivity index (χ0) is 28.4. The summed E-state index contributed by atoms with van der Waals surface area (Å²) in [5, 5.41) is 41.9. The number of nitrogens with one attached hydrogen (secondary N) is 2. The number of nitrogens with zero attached hydrogens (tertiary/aromatic N) is 2. The van der Waals surface area contributed by atoms with E-state index in [0.717, 1.165) is 21.5 Å². The maximum Gasteiger partial charge on any atom is 0.354 e. The Morgan fingerprint density at radius 1 is 0.590 bits per heavy atom. The van der Waals surface area contributed by atoms with Gasteiger partial charge in [0.2, 0.25) is 0 Å². The van der Waals surface area contributed by atoms with Crippen LogP contribution in [0.1, 0.15) is 52.8 Å². The lowest BCUT2D eigenvalue weighted by molar-refractivity contribution is 0.0679. The first kappa shape index (κ1) is 25.9. The summed E-state index contributed by atoms with van der Waals surface area (Å²) < 4.78 is 1.74. The lowest BCUT2D eigenvalue weighted by Crippen LogP contribution is -2.16. The van der Waals surface area contributed by atoms with E-state index in [1.54, 1.807) is 0 Å². The first-order valence-electron chi connectivity index (χ1n) is 10.8. The maximum absolute atomic E-state index is 12.9. The SMILES string of the molecule is O=C(O)c1ccc(-n2[nH]c(C(=O)O)c(C=C=Cc3c(C(=O)O)[nH]n(-c4ccc(C(=O)O)cc4)c3=O)c2=O)cc1. The highest BCUT2D eigenvalue weighted by Gasteiger charge is 2.20. The van der Waals surface area contributed by atoms with Gasteiger partial charge >= 0.3 is 23.9 Å². The van der Waals surface area contributed by atoms with E-state index in [1.807, 2.05) is 0 Å². The van der Waals surface area contributed by atoms with E-state index in [1.165, 1.54) is 48.5 Å². The van der Waals surface area contributed by atoms with Gasteiger partial charge in [-0.3, -0.25) is 19.8 Å². The standard InChI is InChI=1S/C25H16N4O10/c30-20-16(18(24(36)37)26-28(20)14-8-4-12(5-9-14)22(32)33)2-1-3-17-19(25(38)39)27-29(21(17)31)15-10-6-13(7-11-15)23(34)35/h2-11,26-27H,(H,32,33)(H,34,35)(H,36,37)(H,38,39). The number of carboxylic acids is 4. The van der Waals surface area contributed by atoms with Crippen LogP contribution >= 0.6 is 0 Å². The molecule has 196 valence electrons. The van der Waals surface area contributed by atoms with Crippen molar-refractivity contribution in [1.82, 2.24) is 19.6 Å². The van der Waals surface area contributed by atoms with Crippen LogP contribution in [0.2, 0.25) is 0 Å². The van der Waals surface area contributed by atoms with Crippen LogP contribution in [-0.4, -0.2) is 63.9 Å². The second kappa shape index (κ2) is 10.1. The number of hydrogen-bond donors (Lipinski definition) is 6. The minimum atomic E-state index is -1.50. The van der Waals surface area contributed by atoms with Gasteiger partial charge in [-0.2, -0.15) is 0 Å². The third kappa shape index (κ3) is 4.94. The molecular formula is C25H16N4O10. The average Bonchev–Trinajstić information content (AvgIpc) is 3.41. The van der Waals surface area contributed by atoms with Gasteiger partial charge in [0.1, 0.15) is 0 Å². The van der Waals surface area contributed by atoms with E-state index in [2.05, 4.69) is 15.9 Å². The minimum Gasteiger partial charge on any atom is -0.478 e. The predicted molar refractivity (Wildman–Crippen MR) is 133 cm³/mol. The highest BCUT2D eigenvalue weighted by Crippen LogP contribution is 2.13. The fraction of sp³-hybridized carbons (Fsp3) is 0. The Hall–Kier alpha value is -6.14. The lowest BCUT2D eigenvalue weighted by atomic mass is 10.2. The number of H-pyrrole nitrogens is 2. The summed E-state index contributed by atoms with van der Waals surface area (Å²) in [5.41, 5.74) is -0.836. The highest BCUT2D eigenvalue weighted by molar-refractivity contribution is 5.92. The molecule has 0 aliphatic carbocycles. The summed E-state index contributed by atoms with van der Waals surface area (Å²) in [6.07, 6.45) is 1.91. The van der Waals surface area contributed by atoms with Crippen LogP contribution in [0.3, 0.4) is 0 Å². The molecule has 0 spiro atoms. The van der Waals surface area contributed by atoms with Gasteiger partial charge in [-0.15, -0.1) is 5.73 Å². The van der Waals surface area contributed by atoms with Gasteiger partial charge < -0.3 is 20.4 Å². The van der Waals surface area contributed by atoms with E-state index < -0.39 is 46.4 Å². The molecule has 0 aliphatic heterocycles. The maximum atomic E-state index is 12.9. The molecular weight excluding hydrogens is 516 g/mol. The second-order valence-corrected chi connectivity index (χ2v) is 7.85. The quantitative estimate of drug-likeness (QED) is 0.180. The number of carbonyl (C=O) groups is 4. The Balaban J connectivity index is 1.78. The number of aromatic carboxylic acids is 4. The summed E-state index contributed by atoms with van der Waals surface area (Å²) in [5.74, 6) is -5.38. The van der Waals surface area contributed by atoms with Crippen LogP contribution < -0.4 is 11.1 Å². The van der Waals surface area contributed by atoms with Crippen molar-refractivity contribution in [2.24, 2.45) is 0 Å². The normalized spacial score (nSPS) is 10.5. The van der Waals surface area contributed by atoms with E-state index >= 15 is 0 Å². The highest BCUT2D eigenvalue weighted by atomic mass is 16.4. The van der Waals surface area contributed by atoms with Gasteiger partial charge in [-0.1, -0.05) is 0 Å². The molecule has 0 saturated heterocycles. The Morgan fingerprint density at radius 2 is 0.923 bits per heavy atom. The third-order valence-corrected chi connectivity index (χ3v) is 5.48. The number of carboxylic acid groups (broad SMARTS) is 4. The molecule has 0 amide bonds. The predicted octanol–water partition coefficient (Wildman–Crippen LogP) is 1.76. The summed E-state index contributed by atoms with van der Waals surface area (Å²) in [6, 6.07) is 10.1. The molecule has 2 aromatic carbocycles. The van der Waals surface area contributed by atoms with Gasteiger partial charge in [0.05, 0.1) is 33.6 Å². The van der Waals surface area contributed by atoms with Gasteiger partial charge in [0.25, 0.3) is 11.1 Å². The number of aromatic amines is 2. The van der Waals surface area contributed by atoms with Crippen LogP contribution in [-0.2, 0) is 0 Å². The Labute approximate surface area is 215 Å².